The fourth-order valence-corrected chi connectivity index (χ4v) is 3.52. The number of carbonyl (C=O) groups excluding carboxylic acids is 1. The summed E-state index contributed by atoms with van der Waals surface area (Å²) in [4.78, 5) is 14.3. The predicted molar refractivity (Wildman–Crippen MR) is 124 cm³/mol. The SMILES string of the molecule is CCCCCCCCCCN(CCCCCCCCCC)C(=O)[C@@H](N)CO.Cl. The summed E-state index contributed by atoms with van der Waals surface area (Å²) in [6.07, 6.45) is 20.3. The normalized spacial score (nSPS) is 11.9. The van der Waals surface area contributed by atoms with Crippen molar-refractivity contribution in [2.45, 2.75) is 123 Å². The van der Waals surface area contributed by atoms with Gasteiger partial charge in [0.25, 0.3) is 0 Å². The maximum Gasteiger partial charge on any atom is 0.241 e. The number of nitrogens with zero attached hydrogens (tertiary/aromatic N) is 1. The molecule has 170 valence electrons. The van der Waals surface area contributed by atoms with Crippen LogP contribution in [-0.4, -0.2) is 41.7 Å². The van der Waals surface area contributed by atoms with Gasteiger partial charge in [-0.25, -0.2) is 0 Å². The molecule has 0 fully saturated rings. The summed E-state index contributed by atoms with van der Waals surface area (Å²) in [6, 6.07) is -0.756. The second-order valence-corrected chi connectivity index (χ2v) is 8.06. The molecule has 3 N–H and O–H groups in total. The average Bonchev–Trinajstić information content (AvgIpc) is 2.69. The number of aliphatic hydroxyl groups is 1. The molecule has 0 aliphatic heterocycles. The number of amides is 1. The molecule has 0 aromatic carbocycles. The first-order valence-electron chi connectivity index (χ1n) is 11.8. The zero-order valence-corrected chi connectivity index (χ0v) is 19.6. The van der Waals surface area contributed by atoms with Crippen molar-refractivity contribution in [1.29, 1.82) is 0 Å². The Morgan fingerprint density at radius 3 is 1.36 bits per heavy atom. The molecule has 0 heterocycles. The molecule has 28 heavy (non-hydrogen) atoms. The molecule has 0 spiro atoms. The van der Waals surface area contributed by atoms with E-state index in [0.717, 1.165) is 25.9 Å². The lowest BCUT2D eigenvalue weighted by Gasteiger charge is -2.25. The van der Waals surface area contributed by atoms with Gasteiger partial charge in [0.2, 0.25) is 5.91 Å². The highest BCUT2D eigenvalue weighted by molar-refractivity contribution is 5.85. The van der Waals surface area contributed by atoms with Crippen LogP contribution in [0.1, 0.15) is 117 Å². The van der Waals surface area contributed by atoms with Gasteiger partial charge < -0.3 is 15.7 Å². The summed E-state index contributed by atoms with van der Waals surface area (Å²) >= 11 is 0. The van der Waals surface area contributed by atoms with Gasteiger partial charge >= 0.3 is 0 Å². The number of halogens is 1. The quantitative estimate of drug-likeness (QED) is 0.243. The number of aliphatic hydroxyl groups excluding tert-OH is 1. The second kappa shape index (κ2) is 23.0. The minimum atomic E-state index is -0.756. The van der Waals surface area contributed by atoms with Crippen LogP contribution in [0.4, 0.5) is 0 Å². The molecule has 1 atom stereocenters. The molecule has 0 saturated carbocycles. The molecule has 5 heteroatoms. The van der Waals surface area contributed by atoms with Crippen LogP contribution in [0.15, 0.2) is 0 Å². The second-order valence-electron chi connectivity index (χ2n) is 8.06. The molecule has 1 amide bonds. The van der Waals surface area contributed by atoms with Gasteiger partial charge in [-0.15, -0.1) is 12.4 Å². The Labute approximate surface area is 181 Å². The minimum absolute atomic E-state index is 0. The molecular weight excluding hydrogens is 372 g/mol. The summed E-state index contributed by atoms with van der Waals surface area (Å²) in [5, 5.41) is 9.21. The maximum atomic E-state index is 12.4. The minimum Gasteiger partial charge on any atom is -0.394 e. The van der Waals surface area contributed by atoms with Crippen LogP contribution in [0.2, 0.25) is 0 Å². The van der Waals surface area contributed by atoms with E-state index in [1.807, 2.05) is 4.90 Å². The van der Waals surface area contributed by atoms with Crippen molar-refractivity contribution >= 4 is 18.3 Å². The number of hydrogen-bond donors (Lipinski definition) is 2. The van der Waals surface area contributed by atoms with Crippen molar-refractivity contribution in [3.63, 3.8) is 0 Å². The molecule has 0 bridgehead atoms. The summed E-state index contributed by atoms with van der Waals surface area (Å²) in [5.41, 5.74) is 5.77. The Balaban J connectivity index is 0. The van der Waals surface area contributed by atoms with E-state index in [1.54, 1.807) is 0 Å². The van der Waals surface area contributed by atoms with Gasteiger partial charge in [0.05, 0.1) is 6.61 Å². The summed E-state index contributed by atoms with van der Waals surface area (Å²) in [5.74, 6) is -0.0802. The third-order valence-electron chi connectivity index (χ3n) is 5.39. The summed E-state index contributed by atoms with van der Waals surface area (Å²) < 4.78 is 0. The fourth-order valence-electron chi connectivity index (χ4n) is 3.52. The fraction of sp³-hybridized carbons (Fsp3) is 0.957. The van der Waals surface area contributed by atoms with Gasteiger partial charge in [0.15, 0.2) is 0 Å². The van der Waals surface area contributed by atoms with Crippen LogP contribution in [0, 0.1) is 0 Å². The number of nitrogens with two attached hydrogens (primary N) is 1. The highest BCUT2D eigenvalue weighted by Gasteiger charge is 2.19. The van der Waals surface area contributed by atoms with E-state index < -0.39 is 6.04 Å². The van der Waals surface area contributed by atoms with Gasteiger partial charge in [0, 0.05) is 13.1 Å². The van der Waals surface area contributed by atoms with E-state index in [4.69, 9.17) is 5.73 Å². The van der Waals surface area contributed by atoms with Crippen molar-refractivity contribution in [2.75, 3.05) is 19.7 Å². The molecule has 0 aliphatic carbocycles. The third-order valence-corrected chi connectivity index (χ3v) is 5.39. The molecule has 4 nitrogen and oxygen atoms in total. The zero-order chi connectivity index (χ0) is 20.2. The van der Waals surface area contributed by atoms with Crippen molar-refractivity contribution < 1.29 is 9.90 Å². The van der Waals surface area contributed by atoms with Crippen molar-refractivity contribution in [3.05, 3.63) is 0 Å². The van der Waals surface area contributed by atoms with Crippen molar-refractivity contribution in [2.24, 2.45) is 5.73 Å². The van der Waals surface area contributed by atoms with E-state index in [2.05, 4.69) is 13.8 Å². The monoisotopic (exact) mass is 420 g/mol. The Morgan fingerprint density at radius 2 is 1.04 bits per heavy atom. The first kappa shape index (κ1) is 29.9. The molecular formula is C23H49ClN2O2. The molecule has 0 aromatic rings. The lowest BCUT2D eigenvalue weighted by molar-refractivity contribution is -0.133. The predicted octanol–water partition coefficient (Wildman–Crippen LogP) is 5.84. The average molecular weight is 421 g/mol. The summed E-state index contributed by atoms with van der Waals surface area (Å²) in [7, 11) is 0. The van der Waals surface area contributed by atoms with Gasteiger partial charge in [-0.05, 0) is 12.8 Å². The van der Waals surface area contributed by atoms with Gasteiger partial charge in [0.1, 0.15) is 6.04 Å². The lowest BCUT2D eigenvalue weighted by atomic mass is 10.1. The number of unbranched alkanes of at least 4 members (excludes halogenated alkanes) is 14. The molecule has 0 saturated heterocycles. The van der Waals surface area contributed by atoms with E-state index >= 15 is 0 Å². The van der Waals surface area contributed by atoms with E-state index in [1.165, 1.54) is 89.9 Å². The summed E-state index contributed by atoms with van der Waals surface area (Å²) in [6.45, 7) is 5.81. The zero-order valence-electron chi connectivity index (χ0n) is 18.8. The number of rotatable bonds is 20. The third kappa shape index (κ3) is 17.8. The molecule has 0 unspecified atom stereocenters. The van der Waals surface area contributed by atoms with Crippen LogP contribution < -0.4 is 5.73 Å². The highest BCUT2D eigenvalue weighted by Crippen LogP contribution is 2.11. The van der Waals surface area contributed by atoms with Gasteiger partial charge in [-0.3, -0.25) is 4.79 Å². The van der Waals surface area contributed by atoms with Crippen LogP contribution >= 0.6 is 12.4 Å². The first-order chi connectivity index (χ1) is 13.2. The largest absolute Gasteiger partial charge is 0.394 e. The molecule has 0 aromatic heterocycles. The van der Waals surface area contributed by atoms with Crippen LogP contribution in [0.25, 0.3) is 0 Å². The highest BCUT2D eigenvalue weighted by atomic mass is 35.5. The van der Waals surface area contributed by atoms with E-state index in [0.29, 0.717) is 0 Å². The Morgan fingerprint density at radius 1 is 0.714 bits per heavy atom. The standard InChI is InChI=1S/C23H48N2O2.ClH/c1-3-5-7-9-11-13-15-17-19-25(23(27)22(24)21-26)20-18-16-14-12-10-8-6-4-2;/h22,26H,3-21,24H2,1-2H3;1H/t22-;/m0./s1. The van der Waals surface area contributed by atoms with Crippen LogP contribution in [0.5, 0.6) is 0 Å². The lowest BCUT2D eigenvalue weighted by Crippen LogP contribution is -2.46. The topological polar surface area (TPSA) is 66.6 Å². The number of carbonyl (C=O) groups is 1. The van der Waals surface area contributed by atoms with Gasteiger partial charge in [-0.2, -0.15) is 0 Å². The molecule has 0 rings (SSSR count). The van der Waals surface area contributed by atoms with Crippen LogP contribution in [-0.2, 0) is 4.79 Å². The molecule has 0 aliphatic rings. The van der Waals surface area contributed by atoms with Crippen LogP contribution in [0.3, 0.4) is 0 Å². The van der Waals surface area contributed by atoms with Crippen molar-refractivity contribution in [3.8, 4) is 0 Å². The number of hydrogen-bond acceptors (Lipinski definition) is 3. The Hall–Kier alpha value is -0.320. The van der Waals surface area contributed by atoms with E-state index in [9.17, 15) is 9.90 Å². The maximum absolute atomic E-state index is 12.4. The van der Waals surface area contributed by atoms with Gasteiger partial charge in [-0.1, -0.05) is 104 Å². The van der Waals surface area contributed by atoms with E-state index in [-0.39, 0.29) is 24.9 Å². The smallest absolute Gasteiger partial charge is 0.241 e. The Bertz CT molecular complexity index is 310. The Kier molecular flexibility index (Phi) is 24.5. The molecule has 0 radical (unpaired) electrons. The first-order valence-corrected chi connectivity index (χ1v) is 11.8. The van der Waals surface area contributed by atoms with Crippen molar-refractivity contribution in [1.82, 2.24) is 4.90 Å².